The zero-order valence-electron chi connectivity index (χ0n) is 9.30. The molecule has 7 heteroatoms. The minimum Gasteiger partial charge on any atom is -0.480 e. The number of carboxylic acids is 1. The lowest BCUT2D eigenvalue weighted by molar-refractivity contribution is -0.384. The number of nitrogens with zero attached hydrogens (tertiary/aromatic N) is 1. The van der Waals surface area contributed by atoms with E-state index in [0.29, 0.717) is 0 Å². The number of hydrogen-bond donors (Lipinski definition) is 2. The smallest absolute Gasteiger partial charge is 0.326 e. The van der Waals surface area contributed by atoms with Gasteiger partial charge in [-0.15, -0.1) is 0 Å². The molecular weight excluding hydrogens is 260 g/mol. The second-order valence-electron chi connectivity index (χ2n) is 4.22. The normalized spacial score (nSPS) is 16.1. The Bertz CT molecular complexity index is 502. The molecule has 18 heavy (non-hydrogen) atoms. The van der Waals surface area contributed by atoms with E-state index in [1.165, 1.54) is 18.2 Å². The highest BCUT2D eigenvalue weighted by Gasteiger charge is 2.37. The van der Waals surface area contributed by atoms with Crippen molar-refractivity contribution >= 4 is 28.9 Å². The first-order valence-corrected chi connectivity index (χ1v) is 5.80. The van der Waals surface area contributed by atoms with Crippen molar-refractivity contribution in [3.05, 3.63) is 33.3 Å². The number of rotatable bonds is 5. The van der Waals surface area contributed by atoms with Crippen molar-refractivity contribution in [1.82, 2.24) is 0 Å². The van der Waals surface area contributed by atoms with Gasteiger partial charge < -0.3 is 10.4 Å². The second-order valence-corrected chi connectivity index (χ2v) is 4.65. The summed E-state index contributed by atoms with van der Waals surface area (Å²) in [5, 5.41) is 22.9. The number of carboxylic acid groups (broad SMARTS) is 1. The Kier molecular flexibility index (Phi) is 3.38. The molecule has 1 aromatic rings. The van der Waals surface area contributed by atoms with E-state index < -0.39 is 16.9 Å². The van der Waals surface area contributed by atoms with E-state index in [-0.39, 0.29) is 22.3 Å². The summed E-state index contributed by atoms with van der Waals surface area (Å²) in [7, 11) is 0. The molecular formula is C11H11ClN2O4. The van der Waals surface area contributed by atoms with Crippen LogP contribution < -0.4 is 5.32 Å². The van der Waals surface area contributed by atoms with Crippen LogP contribution in [0.25, 0.3) is 0 Å². The first-order valence-electron chi connectivity index (χ1n) is 5.42. The minimum atomic E-state index is -0.998. The Labute approximate surface area is 108 Å². The van der Waals surface area contributed by atoms with E-state index >= 15 is 0 Å². The molecule has 1 aromatic carbocycles. The quantitative estimate of drug-likeness (QED) is 0.633. The fraction of sp³-hybridized carbons (Fsp3) is 0.364. The summed E-state index contributed by atoms with van der Waals surface area (Å²) in [5.74, 6) is -0.959. The molecule has 0 radical (unpaired) electrons. The van der Waals surface area contributed by atoms with E-state index in [0.717, 1.165) is 12.8 Å². The van der Waals surface area contributed by atoms with Gasteiger partial charge in [0, 0.05) is 11.1 Å². The van der Waals surface area contributed by atoms with E-state index in [2.05, 4.69) is 5.32 Å². The molecule has 1 saturated carbocycles. The number of nitro benzene ring substituents is 1. The summed E-state index contributed by atoms with van der Waals surface area (Å²) in [4.78, 5) is 21.4. The topological polar surface area (TPSA) is 92.5 Å². The lowest BCUT2D eigenvalue weighted by Gasteiger charge is -2.14. The SMILES string of the molecule is O=C(O)C(Nc1ccc(Cl)cc1[N+](=O)[O-])C1CC1. The van der Waals surface area contributed by atoms with Crippen molar-refractivity contribution in [2.75, 3.05) is 5.32 Å². The second kappa shape index (κ2) is 4.81. The summed E-state index contributed by atoms with van der Waals surface area (Å²) in [6, 6.07) is 3.34. The average molecular weight is 271 g/mol. The number of benzene rings is 1. The molecule has 1 fully saturated rings. The molecule has 0 saturated heterocycles. The Morgan fingerprint density at radius 1 is 1.56 bits per heavy atom. The minimum absolute atomic E-state index is 0.0396. The van der Waals surface area contributed by atoms with Crippen molar-refractivity contribution in [2.45, 2.75) is 18.9 Å². The van der Waals surface area contributed by atoms with Crippen LogP contribution in [0.15, 0.2) is 18.2 Å². The van der Waals surface area contributed by atoms with Gasteiger partial charge >= 0.3 is 5.97 Å². The van der Waals surface area contributed by atoms with Crippen molar-refractivity contribution in [1.29, 1.82) is 0 Å². The van der Waals surface area contributed by atoms with Crippen LogP contribution in [0, 0.1) is 16.0 Å². The zero-order chi connectivity index (χ0) is 13.3. The first-order chi connectivity index (χ1) is 8.49. The van der Waals surface area contributed by atoms with Gasteiger partial charge in [-0.05, 0) is 30.9 Å². The average Bonchev–Trinajstić information content (AvgIpc) is 3.10. The Morgan fingerprint density at radius 2 is 2.22 bits per heavy atom. The van der Waals surface area contributed by atoms with Crippen molar-refractivity contribution in [3.63, 3.8) is 0 Å². The molecule has 0 bridgehead atoms. The molecule has 0 aromatic heterocycles. The van der Waals surface area contributed by atoms with Gasteiger partial charge in [0.05, 0.1) is 4.92 Å². The Balaban J connectivity index is 2.27. The molecule has 1 aliphatic carbocycles. The molecule has 0 aliphatic heterocycles. The third-order valence-electron chi connectivity index (χ3n) is 2.83. The fourth-order valence-corrected chi connectivity index (χ4v) is 1.92. The van der Waals surface area contributed by atoms with Gasteiger partial charge in [0.2, 0.25) is 0 Å². The summed E-state index contributed by atoms with van der Waals surface area (Å²) in [6.45, 7) is 0. The molecule has 1 atom stereocenters. The summed E-state index contributed by atoms with van der Waals surface area (Å²) < 4.78 is 0. The first kappa shape index (κ1) is 12.6. The van der Waals surface area contributed by atoms with Crippen LogP contribution in [-0.4, -0.2) is 22.0 Å². The maximum atomic E-state index is 11.1. The monoisotopic (exact) mass is 270 g/mol. The number of anilines is 1. The lowest BCUT2D eigenvalue weighted by atomic mass is 10.1. The predicted octanol–water partition coefficient (Wildman–Crippen LogP) is 2.52. The van der Waals surface area contributed by atoms with Gasteiger partial charge in [-0.25, -0.2) is 4.79 Å². The molecule has 6 nitrogen and oxygen atoms in total. The number of carbonyl (C=O) groups is 1. The van der Waals surface area contributed by atoms with Gasteiger partial charge in [-0.3, -0.25) is 10.1 Å². The number of nitro groups is 1. The van der Waals surface area contributed by atoms with Crippen LogP contribution in [0.1, 0.15) is 12.8 Å². The van der Waals surface area contributed by atoms with Crippen LogP contribution in [0.4, 0.5) is 11.4 Å². The summed E-state index contributed by atoms with van der Waals surface area (Å²) in [5.41, 5.74) is -0.0295. The zero-order valence-corrected chi connectivity index (χ0v) is 10.1. The Morgan fingerprint density at radius 3 is 2.72 bits per heavy atom. The molecule has 1 unspecified atom stereocenters. The van der Waals surface area contributed by atoms with Crippen LogP contribution in [0.2, 0.25) is 5.02 Å². The highest BCUT2D eigenvalue weighted by Crippen LogP contribution is 2.36. The van der Waals surface area contributed by atoms with Gasteiger partial charge in [0.25, 0.3) is 5.69 Å². The van der Waals surface area contributed by atoms with Gasteiger partial charge in [-0.2, -0.15) is 0 Å². The standard InChI is InChI=1S/C11H11ClN2O4/c12-7-3-4-8(9(5-7)14(17)18)13-10(11(15)16)6-1-2-6/h3-6,10,13H,1-2H2,(H,15,16). The van der Waals surface area contributed by atoms with E-state index in [9.17, 15) is 14.9 Å². The molecule has 1 aliphatic rings. The number of aliphatic carboxylic acids is 1. The number of halogens is 1. The van der Waals surface area contributed by atoms with Crippen LogP contribution in [0.3, 0.4) is 0 Å². The van der Waals surface area contributed by atoms with Gasteiger partial charge in [0.15, 0.2) is 0 Å². The molecule has 0 amide bonds. The van der Waals surface area contributed by atoms with Crippen LogP contribution in [-0.2, 0) is 4.79 Å². The van der Waals surface area contributed by atoms with Crippen LogP contribution in [0.5, 0.6) is 0 Å². The highest BCUT2D eigenvalue weighted by molar-refractivity contribution is 6.30. The molecule has 2 N–H and O–H groups in total. The van der Waals surface area contributed by atoms with Crippen molar-refractivity contribution in [3.8, 4) is 0 Å². The molecule has 2 rings (SSSR count). The van der Waals surface area contributed by atoms with E-state index in [1.54, 1.807) is 0 Å². The lowest BCUT2D eigenvalue weighted by Crippen LogP contribution is -2.31. The maximum Gasteiger partial charge on any atom is 0.326 e. The van der Waals surface area contributed by atoms with Crippen molar-refractivity contribution < 1.29 is 14.8 Å². The Hall–Kier alpha value is -1.82. The summed E-state index contributed by atoms with van der Waals surface area (Å²) >= 11 is 5.69. The fourth-order valence-electron chi connectivity index (χ4n) is 1.76. The van der Waals surface area contributed by atoms with Crippen LogP contribution >= 0.6 is 11.6 Å². The van der Waals surface area contributed by atoms with Crippen molar-refractivity contribution in [2.24, 2.45) is 5.92 Å². The maximum absolute atomic E-state index is 11.1. The number of nitrogens with one attached hydrogen (secondary N) is 1. The third-order valence-corrected chi connectivity index (χ3v) is 3.06. The molecule has 0 heterocycles. The molecule has 96 valence electrons. The number of hydrogen-bond acceptors (Lipinski definition) is 4. The molecule has 0 spiro atoms. The van der Waals surface area contributed by atoms with Gasteiger partial charge in [0.1, 0.15) is 11.7 Å². The third kappa shape index (κ3) is 2.70. The van der Waals surface area contributed by atoms with E-state index in [1.807, 2.05) is 0 Å². The van der Waals surface area contributed by atoms with E-state index in [4.69, 9.17) is 16.7 Å². The predicted molar refractivity (Wildman–Crippen MR) is 65.9 cm³/mol. The summed E-state index contributed by atoms with van der Waals surface area (Å²) in [6.07, 6.45) is 1.65. The largest absolute Gasteiger partial charge is 0.480 e. The van der Waals surface area contributed by atoms with Gasteiger partial charge in [-0.1, -0.05) is 11.6 Å². The highest BCUT2D eigenvalue weighted by atomic mass is 35.5.